The molecule has 4 atom stereocenters. The summed E-state index contributed by atoms with van der Waals surface area (Å²) in [6.07, 6.45) is 3.35. The number of carbonyl (C=O) groups is 5. The number of nitrogens with one attached hydrogen (secondary N) is 2. The van der Waals surface area contributed by atoms with E-state index in [4.69, 9.17) is 4.74 Å². The van der Waals surface area contributed by atoms with Gasteiger partial charge >= 0.3 is 6.09 Å². The van der Waals surface area contributed by atoms with Crippen molar-refractivity contribution < 1.29 is 28.7 Å². The molecule has 0 bridgehead atoms. The third kappa shape index (κ3) is 10.1. The normalized spacial score (nSPS) is 16.6. The van der Waals surface area contributed by atoms with E-state index in [2.05, 4.69) is 10.6 Å². The van der Waals surface area contributed by atoms with Crippen LogP contribution in [0.15, 0.2) is 72.8 Å². The Morgan fingerprint density at radius 2 is 1.69 bits per heavy atom. The second-order valence-electron chi connectivity index (χ2n) is 12.5. The number of ether oxygens (including phenoxy) is 1. The molecule has 0 aromatic heterocycles. The largest absolute Gasteiger partial charge is 0.449 e. The molecule has 8 heteroatoms. The average molecular weight is 613 g/mol. The maximum atomic E-state index is 13.9. The number of alkyl carbamates (subject to hydrolysis) is 1. The Balaban J connectivity index is 1.48. The van der Waals surface area contributed by atoms with Gasteiger partial charge < -0.3 is 20.2 Å². The fourth-order valence-corrected chi connectivity index (χ4v) is 6.16. The molecule has 0 aliphatic heterocycles. The molecular weight excluding hydrogens is 568 g/mol. The van der Waals surface area contributed by atoms with Crippen LogP contribution in [0.4, 0.5) is 4.79 Å². The van der Waals surface area contributed by atoms with E-state index in [1.807, 2.05) is 86.6 Å². The molecule has 2 N–H and O–H groups in total. The van der Waals surface area contributed by atoms with Gasteiger partial charge in [0, 0.05) is 37.5 Å². The van der Waals surface area contributed by atoms with E-state index in [0.717, 1.165) is 34.7 Å². The number of amides is 2. The smallest absolute Gasteiger partial charge is 0.407 e. The maximum absolute atomic E-state index is 13.9. The Morgan fingerprint density at radius 1 is 0.956 bits per heavy atom. The van der Waals surface area contributed by atoms with Crippen molar-refractivity contribution in [3.8, 4) is 0 Å². The molecular formula is C37H44N2O6. The van der Waals surface area contributed by atoms with Crippen molar-refractivity contribution in [3.63, 3.8) is 0 Å². The first kappa shape index (κ1) is 33.6. The number of carbonyl (C=O) groups excluding carboxylic acids is 5. The average Bonchev–Trinajstić information content (AvgIpc) is 3.44. The summed E-state index contributed by atoms with van der Waals surface area (Å²) in [5, 5.41) is 7.58. The summed E-state index contributed by atoms with van der Waals surface area (Å²) in [5.74, 6) is -1.39. The van der Waals surface area contributed by atoms with Gasteiger partial charge in [0.05, 0.1) is 18.7 Å². The number of benzene rings is 3. The van der Waals surface area contributed by atoms with Crippen LogP contribution in [0.3, 0.4) is 0 Å². The number of Topliss-reactive ketones (excluding diaryl/α,β-unsaturated/α-hetero) is 2. The molecule has 0 saturated heterocycles. The van der Waals surface area contributed by atoms with Gasteiger partial charge in [-0.1, -0.05) is 86.6 Å². The highest BCUT2D eigenvalue weighted by Gasteiger charge is 2.32. The molecule has 8 nitrogen and oxygen atoms in total. The van der Waals surface area contributed by atoms with E-state index in [-0.39, 0.29) is 49.3 Å². The minimum atomic E-state index is -0.930. The summed E-state index contributed by atoms with van der Waals surface area (Å²) in [5.41, 5.74) is 1.92. The summed E-state index contributed by atoms with van der Waals surface area (Å²) < 4.78 is 5.46. The highest BCUT2D eigenvalue weighted by Crippen LogP contribution is 2.26. The SMILES string of the molecule is CC(C)C[C@H](CC(=O)[C@H](Cc1cccc2ccccc12)NC(=O)OCCc1ccccc1)C(=O)N[C@H](C=O)C[C@@H]1CCCC1=O. The fraction of sp³-hybridized carbons (Fsp3) is 0.432. The zero-order chi connectivity index (χ0) is 32.2. The van der Waals surface area contributed by atoms with Crippen LogP contribution in [-0.4, -0.2) is 48.5 Å². The predicted molar refractivity (Wildman–Crippen MR) is 174 cm³/mol. The van der Waals surface area contributed by atoms with E-state index < -0.39 is 30.0 Å². The predicted octanol–water partition coefficient (Wildman–Crippen LogP) is 5.78. The van der Waals surface area contributed by atoms with Crippen molar-refractivity contribution in [3.05, 3.63) is 83.9 Å². The van der Waals surface area contributed by atoms with Gasteiger partial charge in [-0.05, 0) is 53.5 Å². The van der Waals surface area contributed by atoms with Gasteiger partial charge in [-0.2, -0.15) is 0 Å². The van der Waals surface area contributed by atoms with Crippen LogP contribution in [0.25, 0.3) is 10.8 Å². The molecule has 0 unspecified atom stereocenters. The molecule has 1 saturated carbocycles. The first-order valence-corrected chi connectivity index (χ1v) is 16.0. The Labute approximate surface area is 265 Å². The summed E-state index contributed by atoms with van der Waals surface area (Å²) in [6.45, 7) is 4.09. The number of aldehydes is 1. The molecule has 238 valence electrons. The van der Waals surface area contributed by atoms with Gasteiger partial charge in [0.2, 0.25) is 5.91 Å². The summed E-state index contributed by atoms with van der Waals surface area (Å²) in [7, 11) is 0. The van der Waals surface area contributed by atoms with Crippen molar-refractivity contribution in [1.29, 1.82) is 0 Å². The van der Waals surface area contributed by atoms with Crippen LogP contribution in [0.1, 0.15) is 63.5 Å². The maximum Gasteiger partial charge on any atom is 0.407 e. The molecule has 0 heterocycles. The number of ketones is 2. The quantitative estimate of drug-likeness (QED) is 0.198. The standard InChI is InChI=1S/C37H44N2O6/c1-25(2)20-30(36(43)38-31(24-40)21-29-15-9-17-34(29)41)23-35(42)33(22-28-14-8-13-27-12-6-7-16-32(27)28)39-37(44)45-19-18-26-10-4-3-5-11-26/h3-8,10-14,16,24-25,29-31,33H,9,15,17-23H2,1-2H3,(H,38,43)(H,39,44)/t29-,30+,31-,33-/m0/s1. The number of rotatable bonds is 16. The van der Waals surface area contributed by atoms with Crippen molar-refractivity contribution in [1.82, 2.24) is 10.6 Å². The molecule has 1 aliphatic rings. The second-order valence-corrected chi connectivity index (χ2v) is 12.5. The van der Waals surface area contributed by atoms with Gasteiger partial charge in [0.15, 0.2) is 5.78 Å². The summed E-state index contributed by atoms with van der Waals surface area (Å²) in [6, 6.07) is 21.6. The lowest BCUT2D eigenvalue weighted by Gasteiger charge is -2.24. The van der Waals surface area contributed by atoms with Crippen LogP contribution in [0.2, 0.25) is 0 Å². The lowest BCUT2D eigenvalue weighted by atomic mass is 9.87. The zero-order valence-electron chi connectivity index (χ0n) is 26.2. The lowest BCUT2D eigenvalue weighted by molar-refractivity contribution is -0.132. The second kappa shape index (κ2) is 16.7. The van der Waals surface area contributed by atoms with E-state index in [0.29, 0.717) is 25.5 Å². The molecule has 1 aliphatic carbocycles. The highest BCUT2D eigenvalue weighted by molar-refractivity contribution is 5.93. The monoisotopic (exact) mass is 612 g/mol. The molecule has 4 rings (SSSR count). The number of hydrogen-bond acceptors (Lipinski definition) is 6. The number of fused-ring (bicyclic) bond motifs is 1. The topological polar surface area (TPSA) is 119 Å². The van der Waals surface area contributed by atoms with Gasteiger partial charge in [-0.15, -0.1) is 0 Å². The van der Waals surface area contributed by atoms with E-state index >= 15 is 0 Å². The van der Waals surface area contributed by atoms with Crippen LogP contribution in [0, 0.1) is 17.8 Å². The molecule has 3 aromatic rings. The van der Waals surface area contributed by atoms with Crippen molar-refractivity contribution in [2.24, 2.45) is 17.8 Å². The third-order valence-electron chi connectivity index (χ3n) is 8.49. The fourth-order valence-electron chi connectivity index (χ4n) is 6.16. The van der Waals surface area contributed by atoms with Crippen molar-refractivity contribution in [2.45, 2.75) is 77.3 Å². The van der Waals surface area contributed by atoms with Crippen LogP contribution in [-0.2, 0) is 36.8 Å². The van der Waals surface area contributed by atoms with E-state index in [1.54, 1.807) is 0 Å². The summed E-state index contributed by atoms with van der Waals surface area (Å²) >= 11 is 0. The van der Waals surface area contributed by atoms with Gasteiger partial charge in [-0.3, -0.25) is 14.4 Å². The Bertz CT molecular complexity index is 1460. The van der Waals surface area contributed by atoms with Crippen LogP contribution >= 0.6 is 0 Å². The van der Waals surface area contributed by atoms with Crippen LogP contribution in [0.5, 0.6) is 0 Å². The Hall–Kier alpha value is -4.33. The lowest BCUT2D eigenvalue weighted by Crippen LogP contribution is -2.46. The molecule has 3 aromatic carbocycles. The molecule has 2 amide bonds. The molecule has 1 fully saturated rings. The Morgan fingerprint density at radius 3 is 2.40 bits per heavy atom. The highest BCUT2D eigenvalue weighted by atomic mass is 16.5. The van der Waals surface area contributed by atoms with Gasteiger partial charge in [0.1, 0.15) is 12.1 Å². The first-order chi connectivity index (χ1) is 21.7. The van der Waals surface area contributed by atoms with Crippen molar-refractivity contribution >= 4 is 40.6 Å². The molecule has 45 heavy (non-hydrogen) atoms. The van der Waals surface area contributed by atoms with Gasteiger partial charge in [-0.25, -0.2) is 4.79 Å². The minimum Gasteiger partial charge on any atom is -0.449 e. The molecule has 0 radical (unpaired) electrons. The van der Waals surface area contributed by atoms with E-state index in [9.17, 15) is 24.0 Å². The zero-order valence-corrected chi connectivity index (χ0v) is 26.2. The molecule has 0 spiro atoms. The van der Waals surface area contributed by atoms with E-state index in [1.165, 1.54) is 0 Å². The Kier molecular flexibility index (Phi) is 12.4. The third-order valence-corrected chi connectivity index (χ3v) is 8.49. The van der Waals surface area contributed by atoms with Gasteiger partial charge in [0.25, 0.3) is 0 Å². The summed E-state index contributed by atoms with van der Waals surface area (Å²) in [4.78, 5) is 64.4. The first-order valence-electron chi connectivity index (χ1n) is 16.0. The van der Waals surface area contributed by atoms with Crippen molar-refractivity contribution in [2.75, 3.05) is 6.61 Å². The minimum absolute atomic E-state index is 0.104. The van der Waals surface area contributed by atoms with Crippen LogP contribution < -0.4 is 10.6 Å². The number of hydrogen-bond donors (Lipinski definition) is 2.